The number of nitrogens with zero attached hydrogens (tertiary/aromatic N) is 2. The SMILES string of the molecule is COCCNC(=O)c1ccc(CC2CCN(C(=O)c3cccnc3C)CC2)cc1. The first kappa shape index (κ1) is 21.0. The molecule has 0 unspecified atom stereocenters. The summed E-state index contributed by atoms with van der Waals surface area (Å²) in [7, 11) is 1.61. The molecule has 1 N–H and O–H groups in total. The first-order valence-corrected chi connectivity index (χ1v) is 10.2. The summed E-state index contributed by atoms with van der Waals surface area (Å²) in [6.07, 6.45) is 4.67. The number of pyridine rings is 1. The van der Waals surface area contributed by atoms with E-state index in [9.17, 15) is 9.59 Å². The first-order valence-electron chi connectivity index (χ1n) is 10.2. The number of rotatable bonds is 7. The number of piperidine rings is 1. The molecule has 1 fully saturated rings. The first-order chi connectivity index (χ1) is 14.1. The quantitative estimate of drug-likeness (QED) is 0.732. The van der Waals surface area contributed by atoms with Crippen molar-refractivity contribution in [3.05, 3.63) is 65.0 Å². The topological polar surface area (TPSA) is 71.5 Å². The highest BCUT2D eigenvalue weighted by Crippen LogP contribution is 2.23. The van der Waals surface area contributed by atoms with E-state index < -0.39 is 0 Å². The van der Waals surface area contributed by atoms with E-state index in [4.69, 9.17) is 4.74 Å². The van der Waals surface area contributed by atoms with Crippen LogP contribution in [-0.2, 0) is 11.2 Å². The van der Waals surface area contributed by atoms with Gasteiger partial charge in [-0.3, -0.25) is 14.6 Å². The summed E-state index contributed by atoms with van der Waals surface area (Å²) in [5, 5.41) is 2.83. The Morgan fingerprint density at radius 1 is 1.17 bits per heavy atom. The van der Waals surface area contributed by atoms with Crippen molar-refractivity contribution >= 4 is 11.8 Å². The molecule has 1 aromatic heterocycles. The Morgan fingerprint density at radius 3 is 2.55 bits per heavy atom. The minimum atomic E-state index is -0.0777. The van der Waals surface area contributed by atoms with Crippen molar-refractivity contribution in [1.29, 1.82) is 0 Å². The highest BCUT2D eigenvalue weighted by Gasteiger charge is 2.24. The van der Waals surface area contributed by atoms with Gasteiger partial charge in [0.15, 0.2) is 0 Å². The average molecular weight is 396 g/mol. The second-order valence-corrected chi connectivity index (χ2v) is 7.52. The van der Waals surface area contributed by atoms with Crippen LogP contribution < -0.4 is 5.32 Å². The number of aryl methyl sites for hydroxylation is 1. The monoisotopic (exact) mass is 395 g/mol. The number of benzene rings is 1. The van der Waals surface area contributed by atoms with Gasteiger partial charge in [0.2, 0.25) is 0 Å². The molecule has 2 amide bonds. The van der Waals surface area contributed by atoms with E-state index in [1.807, 2.05) is 48.2 Å². The maximum Gasteiger partial charge on any atom is 0.255 e. The molecule has 1 aromatic carbocycles. The number of amides is 2. The molecule has 0 radical (unpaired) electrons. The fourth-order valence-corrected chi connectivity index (χ4v) is 3.72. The molecule has 0 atom stereocenters. The van der Waals surface area contributed by atoms with Gasteiger partial charge in [-0.1, -0.05) is 12.1 Å². The van der Waals surface area contributed by atoms with E-state index in [0.717, 1.165) is 38.0 Å². The summed E-state index contributed by atoms with van der Waals surface area (Å²) in [5.74, 6) is 0.555. The molecule has 6 heteroatoms. The van der Waals surface area contributed by atoms with Gasteiger partial charge in [0, 0.05) is 44.2 Å². The van der Waals surface area contributed by atoms with Crippen LogP contribution in [0, 0.1) is 12.8 Å². The van der Waals surface area contributed by atoms with Crippen LogP contribution in [0.4, 0.5) is 0 Å². The Labute approximate surface area is 172 Å². The van der Waals surface area contributed by atoms with Crippen molar-refractivity contribution in [2.45, 2.75) is 26.2 Å². The summed E-state index contributed by atoms with van der Waals surface area (Å²) in [6.45, 7) is 4.44. The summed E-state index contributed by atoms with van der Waals surface area (Å²) >= 11 is 0. The number of nitrogens with one attached hydrogen (secondary N) is 1. The number of ether oxygens (including phenoxy) is 1. The van der Waals surface area contributed by atoms with Crippen LogP contribution in [0.25, 0.3) is 0 Å². The van der Waals surface area contributed by atoms with Crippen molar-refractivity contribution < 1.29 is 14.3 Å². The van der Waals surface area contributed by atoms with Crippen LogP contribution in [0.2, 0.25) is 0 Å². The van der Waals surface area contributed by atoms with E-state index >= 15 is 0 Å². The van der Waals surface area contributed by atoms with Gasteiger partial charge < -0.3 is 15.0 Å². The highest BCUT2D eigenvalue weighted by atomic mass is 16.5. The third-order valence-corrected chi connectivity index (χ3v) is 5.47. The molecule has 0 aliphatic carbocycles. The van der Waals surface area contributed by atoms with Gasteiger partial charge in [-0.2, -0.15) is 0 Å². The number of methoxy groups -OCH3 is 1. The van der Waals surface area contributed by atoms with Gasteiger partial charge in [0.05, 0.1) is 12.2 Å². The second-order valence-electron chi connectivity index (χ2n) is 7.52. The predicted octanol–water partition coefficient (Wildman–Crippen LogP) is 2.86. The van der Waals surface area contributed by atoms with Crippen molar-refractivity contribution in [2.24, 2.45) is 5.92 Å². The average Bonchev–Trinajstić information content (AvgIpc) is 2.75. The third-order valence-electron chi connectivity index (χ3n) is 5.47. The Kier molecular flexibility index (Phi) is 7.36. The Hall–Kier alpha value is -2.73. The molecule has 2 heterocycles. The highest BCUT2D eigenvalue weighted by molar-refractivity contribution is 5.95. The van der Waals surface area contributed by atoms with Crippen molar-refractivity contribution in [3.63, 3.8) is 0 Å². The Morgan fingerprint density at radius 2 is 1.90 bits per heavy atom. The molecule has 0 bridgehead atoms. The Bertz CT molecular complexity index is 828. The zero-order valence-electron chi connectivity index (χ0n) is 17.2. The lowest BCUT2D eigenvalue weighted by molar-refractivity contribution is 0.0689. The smallest absolute Gasteiger partial charge is 0.255 e. The second kappa shape index (κ2) is 10.2. The van der Waals surface area contributed by atoms with Crippen LogP contribution in [-0.4, -0.2) is 55.0 Å². The van der Waals surface area contributed by atoms with E-state index in [0.29, 0.717) is 30.2 Å². The van der Waals surface area contributed by atoms with E-state index in [1.165, 1.54) is 5.56 Å². The van der Waals surface area contributed by atoms with E-state index in [2.05, 4.69) is 10.3 Å². The molecule has 154 valence electrons. The van der Waals surface area contributed by atoms with Gasteiger partial charge >= 0.3 is 0 Å². The number of aromatic nitrogens is 1. The molecule has 3 rings (SSSR count). The molecule has 1 aliphatic rings. The molecular weight excluding hydrogens is 366 g/mol. The van der Waals surface area contributed by atoms with Crippen LogP contribution in [0.1, 0.15) is 44.8 Å². The summed E-state index contributed by atoms with van der Waals surface area (Å²) in [5.41, 5.74) is 3.37. The van der Waals surface area contributed by atoms with Gasteiger partial charge in [0.1, 0.15) is 0 Å². The van der Waals surface area contributed by atoms with Gasteiger partial charge in [-0.25, -0.2) is 0 Å². The number of hydrogen-bond donors (Lipinski definition) is 1. The molecular formula is C23H29N3O3. The van der Waals surface area contributed by atoms with Crippen LogP contribution in [0.5, 0.6) is 0 Å². The van der Waals surface area contributed by atoms with Crippen molar-refractivity contribution in [2.75, 3.05) is 33.4 Å². The maximum absolute atomic E-state index is 12.7. The summed E-state index contributed by atoms with van der Waals surface area (Å²) in [4.78, 5) is 30.9. The summed E-state index contributed by atoms with van der Waals surface area (Å²) < 4.78 is 4.94. The molecule has 2 aromatic rings. The standard InChI is InChI=1S/C23H29N3O3/c1-17-21(4-3-11-24-17)23(28)26-13-9-19(10-14-26)16-18-5-7-20(8-6-18)22(27)25-12-15-29-2/h3-8,11,19H,9-10,12-16H2,1-2H3,(H,25,27). The number of hydrogen-bond acceptors (Lipinski definition) is 4. The lowest BCUT2D eigenvalue weighted by atomic mass is 9.89. The third kappa shape index (κ3) is 5.64. The largest absolute Gasteiger partial charge is 0.383 e. The zero-order valence-corrected chi connectivity index (χ0v) is 17.2. The normalized spacial score (nSPS) is 14.6. The number of likely N-dealkylation sites (tertiary alicyclic amines) is 1. The van der Waals surface area contributed by atoms with Crippen LogP contribution in [0.15, 0.2) is 42.6 Å². The Balaban J connectivity index is 1.49. The number of carbonyl (C=O) groups excluding carboxylic acids is 2. The van der Waals surface area contributed by atoms with Crippen molar-refractivity contribution in [3.8, 4) is 0 Å². The van der Waals surface area contributed by atoms with Crippen LogP contribution >= 0.6 is 0 Å². The molecule has 6 nitrogen and oxygen atoms in total. The fourth-order valence-electron chi connectivity index (χ4n) is 3.72. The molecule has 29 heavy (non-hydrogen) atoms. The zero-order chi connectivity index (χ0) is 20.6. The molecule has 1 aliphatic heterocycles. The van der Waals surface area contributed by atoms with Gasteiger partial charge in [-0.05, 0) is 61.9 Å². The van der Waals surface area contributed by atoms with Gasteiger partial charge in [0.25, 0.3) is 11.8 Å². The fraction of sp³-hybridized carbons (Fsp3) is 0.435. The van der Waals surface area contributed by atoms with Gasteiger partial charge in [-0.15, -0.1) is 0 Å². The summed E-state index contributed by atoms with van der Waals surface area (Å²) in [6, 6.07) is 11.5. The lowest BCUT2D eigenvalue weighted by Gasteiger charge is -2.32. The minimum Gasteiger partial charge on any atom is -0.383 e. The number of carbonyl (C=O) groups is 2. The molecule has 1 saturated heterocycles. The molecule has 0 saturated carbocycles. The van der Waals surface area contributed by atoms with Crippen LogP contribution in [0.3, 0.4) is 0 Å². The van der Waals surface area contributed by atoms with E-state index in [1.54, 1.807) is 13.3 Å². The van der Waals surface area contributed by atoms with Crippen molar-refractivity contribution in [1.82, 2.24) is 15.2 Å². The lowest BCUT2D eigenvalue weighted by Crippen LogP contribution is -2.39. The predicted molar refractivity (Wildman–Crippen MR) is 112 cm³/mol. The molecule has 0 spiro atoms. The maximum atomic E-state index is 12.7. The van der Waals surface area contributed by atoms with E-state index in [-0.39, 0.29) is 11.8 Å². The minimum absolute atomic E-state index is 0.0777.